The average Bonchev–Trinajstić information content (AvgIpc) is 2.37. The smallest absolute Gasteiger partial charge is 0.244 e. The van der Waals surface area contributed by atoms with E-state index in [2.05, 4.69) is 5.32 Å². The summed E-state index contributed by atoms with van der Waals surface area (Å²) < 4.78 is 5.38. The Labute approximate surface area is 119 Å². The molecule has 0 spiro atoms. The summed E-state index contributed by atoms with van der Waals surface area (Å²) in [6.45, 7) is 5.25. The molecule has 0 radical (unpaired) electrons. The van der Waals surface area contributed by atoms with Gasteiger partial charge in [0.1, 0.15) is 0 Å². The molecule has 0 saturated carbocycles. The van der Waals surface area contributed by atoms with Crippen LogP contribution in [0.1, 0.15) is 25.8 Å². The number of hydrogen-bond acceptors (Lipinski definition) is 2. The van der Waals surface area contributed by atoms with Gasteiger partial charge in [0.05, 0.1) is 6.10 Å². The number of carbonyl (C=O) groups is 1. The zero-order valence-electron chi connectivity index (χ0n) is 11.4. The van der Waals surface area contributed by atoms with Gasteiger partial charge in [0, 0.05) is 24.3 Å². The molecule has 0 atom stereocenters. The molecule has 0 aliphatic carbocycles. The Morgan fingerprint density at radius 3 is 2.84 bits per heavy atom. The van der Waals surface area contributed by atoms with Crippen molar-refractivity contribution in [2.75, 3.05) is 13.2 Å². The Bertz CT molecular complexity index is 430. The SMILES string of the molecule is CC(C)OCCCNC(=O)/C=C/c1ccccc1Cl. The van der Waals surface area contributed by atoms with E-state index in [9.17, 15) is 4.79 Å². The molecule has 0 saturated heterocycles. The number of ether oxygens (including phenoxy) is 1. The van der Waals surface area contributed by atoms with Gasteiger partial charge < -0.3 is 10.1 Å². The second-order valence-corrected chi connectivity index (χ2v) is 4.83. The van der Waals surface area contributed by atoms with Crippen LogP contribution >= 0.6 is 11.6 Å². The Hall–Kier alpha value is -1.32. The van der Waals surface area contributed by atoms with Gasteiger partial charge in [-0.1, -0.05) is 29.8 Å². The van der Waals surface area contributed by atoms with Crippen LogP contribution in [0.3, 0.4) is 0 Å². The molecule has 1 rings (SSSR count). The molecule has 3 nitrogen and oxygen atoms in total. The highest BCUT2D eigenvalue weighted by Gasteiger charge is 1.98. The largest absolute Gasteiger partial charge is 0.379 e. The van der Waals surface area contributed by atoms with Crippen molar-refractivity contribution in [2.45, 2.75) is 26.4 Å². The Morgan fingerprint density at radius 2 is 2.16 bits per heavy atom. The van der Waals surface area contributed by atoms with Gasteiger partial charge in [-0.05, 0) is 38.0 Å². The van der Waals surface area contributed by atoms with Crippen LogP contribution in [0.2, 0.25) is 5.02 Å². The van der Waals surface area contributed by atoms with Gasteiger partial charge in [0.15, 0.2) is 0 Å². The van der Waals surface area contributed by atoms with E-state index in [0.29, 0.717) is 18.2 Å². The fourth-order valence-corrected chi connectivity index (χ4v) is 1.64. The summed E-state index contributed by atoms with van der Waals surface area (Å²) in [5.41, 5.74) is 0.836. The summed E-state index contributed by atoms with van der Waals surface area (Å²) in [4.78, 5) is 11.5. The van der Waals surface area contributed by atoms with Crippen LogP contribution in [0.25, 0.3) is 6.08 Å². The molecule has 1 amide bonds. The zero-order chi connectivity index (χ0) is 14.1. The first-order valence-electron chi connectivity index (χ1n) is 6.41. The van der Waals surface area contributed by atoms with Crippen molar-refractivity contribution in [3.63, 3.8) is 0 Å². The van der Waals surface area contributed by atoms with Gasteiger partial charge in [0.2, 0.25) is 5.91 Å². The lowest BCUT2D eigenvalue weighted by Crippen LogP contribution is -2.23. The summed E-state index contributed by atoms with van der Waals surface area (Å²) in [5.74, 6) is -0.121. The molecule has 0 fully saturated rings. The lowest BCUT2D eigenvalue weighted by Gasteiger charge is -2.07. The van der Waals surface area contributed by atoms with Gasteiger partial charge >= 0.3 is 0 Å². The highest BCUT2D eigenvalue weighted by Crippen LogP contribution is 2.15. The molecule has 0 aliphatic rings. The molecule has 1 aromatic rings. The maximum absolute atomic E-state index is 11.5. The summed E-state index contributed by atoms with van der Waals surface area (Å²) >= 11 is 5.98. The first-order valence-corrected chi connectivity index (χ1v) is 6.79. The van der Waals surface area contributed by atoms with E-state index in [1.807, 2.05) is 32.0 Å². The van der Waals surface area contributed by atoms with Crippen LogP contribution in [0.4, 0.5) is 0 Å². The van der Waals surface area contributed by atoms with Gasteiger partial charge in [-0.3, -0.25) is 4.79 Å². The number of rotatable bonds is 7. The lowest BCUT2D eigenvalue weighted by molar-refractivity contribution is -0.116. The molecule has 19 heavy (non-hydrogen) atoms. The van der Waals surface area contributed by atoms with Crippen LogP contribution in [0.5, 0.6) is 0 Å². The Kier molecular flexibility index (Phi) is 7.23. The zero-order valence-corrected chi connectivity index (χ0v) is 12.1. The van der Waals surface area contributed by atoms with E-state index in [-0.39, 0.29) is 12.0 Å². The van der Waals surface area contributed by atoms with Crippen LogP contribution < -0.4 is 5.32 Å². The molecule has 0 aromatic heterocycles. The van der Waals surface area contributed by atoms with Crippen LogP contribution in [-0.4, -0.2) is 25.2 Å². The van der Waals surface area contributed by atoms with Crippen LogP contribution in [0, 0.1) is 0 Å². The number of hydrogen-bond donors (Lipinski definition) is 1. The van der Waals surface area contributed by atoms with Gasteiger partial charge in [-0.25, -0.2) is 0 Å². The Morgan fingerprint density at radius 1 is 1.42 bits per heavy atom. The third kappa shape index (κ3) is 6.99. The standard InChI is InChI=1S/C15H20ClNO2/c1-12(2)19-11-5-10-17-15(18)9-8-13-6-3-4-7-14(13)16/h3-4,6-9,12H,5,10-11H2,1-2H3,(H,17,18)/b9-8+. The quantitative estimate of drug-likeness (QED) is 0.615. The second-order valence-electron chi connectivity index (χ2n) is 4.42. The van der Waals surface area contributed by atoms with Crippen molar-refractivity contribution in [3.05, 3.63) is 40.9 Å². The van der Waals surface area contributed by atoms with Gasteiger partial charge in [-0.2, -0.15) is 0 Å². The normalized spacial score (nSPS) is 11.2. The number of halogens is 1. The van der Waals surface area contributed by atoms with Crippen molar-refractivity contribution in [2.24, 2.45) is 0 Å². The molecule has 0 unspecified atom stereocenters. The minimum Gasteiger partial charge on any atom is -0.379 e. The molecule has 1 aromatic carbocycles. The summed E-state index contributed by atoms with van der Waals surface area (Å²) in [7, 11) is 0. The van der Waals surface area contributed by atoms with Crippen molar-refractivity contribution in [3.8, 4) is 0 Å². The molecule has 104 valence electrons. The molecule has 1 N–H and O–H groups in total. The van der Waals surface area contributed by atoms with Crippen molar-refractivity contribution < 1.29 is 9.53 Å². The first-order chi connectivity index (χ1) is 9.09. The number of amides is 1. The topological polar surface area (TPSA) is 38.3 Å². The first kappa shape index (κ1) is 15.7. The molecule has 0 aliphatic heterocycles. The van der Waals surface area contributed by atoms with E-state index in [1.165, 1.54) is 6.08 Å². The third-order valence-electron chi connectivity index (χ3n) is 2.39. The van der Waals surface area contributed by atoms with Crippen molar-refractivity contribution in [1.82, 2.24) is 5.32 Å². The molecule has 4 heteroatoms. The van der Waals surface area contributed by atoms with Crippen LogP contribution in [-0.2, 0) is 9.53 Å². The Balaban J connectivity index is 2.26. The summed E-state index contributed by atoms with van der Waals surface area (Å²) in [6, 6.07) is 7.39. The lowest BCUT2D eigenvalue weighted by atomic mass is 10.2. The van der Waals surface area contributed by atoms with E-state index >= 15 is 0 Å². The average molecular weight is 282 g/mol. The number of nitrogens with one attached hydrogen (secondary N) is 1. The predicted molar refractivity (Wildman–Crippen MR) is 79.2 cm³/mol. The minimum atomic E-state index is -0.121. The summed E-state index contributed by atoms with van der Waals surface area (Å²) in [5, 5.41) is 3.43. The highest BCUT2D eigenvalue weighted by atomic mass is 35.5. The molecular weight excluding hydrogens is 262 g/mol. The highest BCUT2D eigenvalue weighted by molar-refractivity contribution is 6.32. The second kappa shape index (κ2) is 8.73. The third-order valence-corrected chi connectivity index (χ3v) is 2.74. The maximum Gasteiger partial charge on any atom is 0.244 e. The van der Waals surface area contributed by atoms with E-state index in [0.717, 1.165) is 12.0 Å². The summed E-state index contributed by atoms with van der Waals surface area (Å²) in [6.07, 6.45) is 4.24. The van der Waals surface area contributed by atoms with Gasteiger partial charge in [0.25, 0.3) is 0 Å². The molecule has 0 heterocycles. The van der Waals surface area contributed by atoms with E-state index < -0.39 is 0 Å². The fourth-order valence-electron chi connectivity index (χ4n) is 1.44. The molecule has 0 bridgehead atoms. The van der Waals surface area contributed by atoms with E-state index in [1.54, 1.807) is 12.1 Å². The molecular formula is C15H20ClNO2. The predicted octanol–water partition coefficient (Wildman–Crippen LogP) is 3.28. The van der Waals surface area contributed by atoms with Crippen molar-refractivity contribution in [1.29, 1.82) is 0 Å². The van der Waals surface area contributed by atoms with Crippen LogP contribution in [0.15, 0.2) is 30.3 Å². The van der Waals surface area contributed by atoms with E-state index in [4.69, 9.17) is 16.3 Å². The fraction of sp³-hybridized carbons (Fsp3) is 0.400. The monoisotopic (exact) mass is 281 g/mol. The minimum absolute atomic E-state index is 0.121. The number of benzene rings is 1. The number of carbonyl (C=O) groups excluding carboxylic acids is 1. The van der Waals surface area contributed by atoms with Gasteiger partial charge in [-0.15, -0.1) is 0 Å². The maximum atomic E-state index is 11.5. The van der Waals surface area contributed by atoms with Crippen molar-refractivity contribution >= 4 is 23.6 Å².